The first-order valence-corrected chi connectivity index (χ1v) is 11.1. The van der Waals surface area contributed by atoms with Crippen LogP contribution in [0.4, 0.5) is 0 Å². The molecule has 1 heterocycles. The van der Waals surface area contributed by atoms with Gasteiger partial charge < -0.3 is 9.88 Å². The van der Waals surface area contributed by atoms with Gasteiger partial charge in [0.2, 0.25) is 5.91 Å². The molecule has 1 fully saturated rings. The lowest BCUT2D eigenvalue weighted by Gasteiger charge is -2.37. The van der Waals surface area contributed by atoms with Crippen LogP contribution in [0.15, 0.2) is 35.5 Å². The van der Waals surface area contributed by atoms with Crippen LogP contribution in [0.25, 0.3) is 0 Å². The molecule has 27 heavy (non-hydrogen) atoms. The fourth-order valence-electron chi connectivity index (χ4n) is 3.91. The van der Waals surface area contributed by atoms with Crippen LogP contribution in [-0.4, -0.2) is 35.3 Å². The quantitative estimate of drug-likeness (QED) is 0.845. The summed E-state index contributed by atoms with van der Waals surface area (Å²) < 4.78 is 25.3. The topological polar surface area (TPSA) is 93.9 Å². The van der Waals surface area contributed by atoms with E-state index in [4.69, 9.17) is 0 Å². The number of rotatable bonds is 5. The number of nitrogens with zero attached hydrogens (tertiary/aromatic N) is 3. The van der Waals surface area contributed by atoms with Gasteiger partial charge >= 0.3 is 0 Å². The van der Waals surface area contributed by atoms with Crippen molar-refractivity contribution in [1.82, 2.24) is 20.1 Å². The Morgan fingerprint density at radius 2 is 1.81 bits per heavy atom. The van der Waals surface area contributed by atoms with Gasteiger partial charge in [0.05, 0.1) is 16.4 Å². The van der Waals surface area contributed by atoms with Crippen LogP contribution >= 0.6 is 0 Å². The molecule has 0 spiro atoms. The first-order valence-electron chi connectivity index (χ1n) is 9.19. The van der Waals surface area contributed by atoms with Gasteiger partial charge in [-0.3, -0.25) is 4.79 Å². The Bertz CT molecular complexity index is 913. The monoisotopic (exact) mass is 390 g/mol. The van der Waals surface area contributed by atoms with Crippen molar-refractivity contribution >= 4 is 15.7 Å². The van der Waals surface area contributed by atoms with E-state index >= 15 is 0 Å². The maximum atomic E-state index is 13.3. The number of amides is 1. The van der Waals surface area contributed by atoms with Crippen LogP contribution < -0.4 is 5.32 Å². The summed E-state index contributed by atoms with van der Waals surface area (Å²) in [6.07, 6.45) is 7.35. The molecule has 3 rings (SSSR count). The van der Waals surface area contributed by atoms with Gasteiger partial charge in [0.25, 0.3) is 0 Å². The first-order chi connectivity index (χ1) is 12.7. The van der Waals surface area contributed by atoms with E-state index in [9.17, 15) is 13.2 Å². The molecule has 1 aromatic heterocycles. The Hall–Kier alpha value is -2.22. The Morgan fingerprint density at radius 3 is 2.33 bits per heavy atom. The zero-order valence-electron chi connectivity index (χ0n) is 16.0. The van der Waals surface area contributed by atoms with Crippen LogP contribution in [0.5, 0.6) is 0 Å². The summed E-state index contributed by atoms with van der Waals surface area (Å²) in [4.78, 5) is 13.6. The third kappa shape index (κ3) is 3.90. The number of aromatic nitrogens is 3. The Morgan fingerprint density at radius 1 is 1.19 bits per heavy atom. The van der Waals surface area contributed by atoms with E-state index in [1.54, 1.807) is 35.2 Å². The Balaban J connectivity index is 1.90. The van der Waals surface area contributed by atoms with Gasteiger partial charge in [-0.25, -0.2) is 8.42 Å². The summed E-state index contributed by atoms with van der Waals surface area (Å²) in [5.41, 5.74) is 0.235. The summed E-state index contributed by atoms with van der Waals surface area (Å²) in [5, 5.41) is 11.1. The highest BCUT2D eigenvalue weighted by Crippen LogP contribution is 2.40. The molecule has 1 aromatic carbocycles. The van der Waals surface area contributed by atoms with E-state index in [0.29, 0.717) is 5.82 Å². The zero-order chi connectivity index (χ0) is 19.7. The van der Waals surface area contributed by atoms with E-state index in [2.05, 4.69) is 15.5 Å². The van der Waals surface area contributed by atoms with Gasteiger partial charge in [-0.1, -0.05) is 31.4 Å². The molecular formula is C19H26N4O3S. The molecule has 7 nitrogen and oxygen atoms in total. The number of benzene rings is 1. The van der Waals surface area contributed by atoms with Crippen molar-refractivity contribution in [1.29, 1.82) is 0 Å². The number of hydrogen-bond donors (Lipinski definition) is 1. The van der Waals surface area contributed by atoms with Crippen LogP contribution in [0.1, 0.15) is 56.5 Å². The lowest BCUT2D eigenvalue weighted by Crippen LogP contribution is -2.46. The maximum Gasteiger partial charge on any atom is 0.231 e. The molecule has 1 saturated carbocycles. The average molecular weight is 391 g/mol. The minimum absolute atomic E-state index is 0.0372. The zero-order valence-corrected chi connectivity index (χ0v) is 16.8. The van der Waals surface area contributed by atoms with Crippen LogP contribution in [0.3, 0.4) is 0 Å². The fourth-order valence-corrected chi connectivity index (χ4v) is 4.54. The van der Waals surface area contributed by atoms with Crippen LogP contribution in [0, 0.1) is 0 Å². The predicted octanol–water partition coefficient (Wildman–Crippen LogP) is 2.30. The van der Waals surface area contributed by atoms with E-state index in [1.807, 2.05) is 14.0 Å². The molecule has 0 aliphatic heterocycles. The molecule has 1 aliphatic carbocycles. The standard InChI is InChI=1S/C19H26N4O3S/c1-14(17-22-20-13-23(17)2)21-18(24)19(11-5-4-6-12-19)15-7-9-16(10-8-15)27(3,25)26/h7-10,13-14H,4-6,11-12H2,1-3H3,(H,21,24)/t14-/m1/s1. The molecule has 2 aromatic rings. The second-order valence-corrected chi connectivity index (χ2v) is 9.45. The van der Waals surface area contributed by atoms with Crippen molar-refractivity contribution in [3.63, 3.8) is 0 Å². The van der Waals surface area contributed by atoms with E-state index in [0.717, 1.165) is 37.7 Å². The van der Waals surface area contributed by atoms with Gasteiger partial charge in [0.15, 0.2) is 15.7 Å². The molecule has 1 N–H and O–H groups in total. The van der Waals surface area contributed by atoms with Crippen molar-refractivity contribution in [3.8, 4) is 0 Å². The van der Waals surface area contributed by atoms with Crippen molar-refractivity contribution in [2.24, 2.45) is 7.05 Å². The molecule has 1 amide bonds. The number of sulfone groups is 1. The van der Waals surface area contributed by atoms with Crippen molar-refractivity contribution in [3.05, 3.63) is 42.0 Å². The predicted molar refractivity (Wildman–Crippen MR) is 102 cm³/mol. The second kappa shape index (κ2) is 7.42. The molecule has 0 bridgehead atoms. The lowest BCUT2D eigenvalue weighted by molar-refractivity contribution is -0.128. The molecular weight excluding hydrogens is 364 g/mol. The van der Waals surface area contributed by atoms with Gasteiger partial charge in [0, 0.05) is 13.3 Å². The second-order valence-electron chi connectivity index (χ2n) is 7.43. The Kier molecular flexibility index (Phi) is 5.37. The number of nitrogens with one attached hydrogen (secondary N) is 1. The molecule has 1 aliphatic rings. The molecule has 0 unspecified atom stereocenters. The molecule has 146 valence electrons. The number of aryl methyl sites for hydroxylation is 1. The van der Waals surface area contributed by atoms with Crippen molar-refractivity contribution in [2.45, 2.75) is 55.4 Å². The molecule has 0 saturated heterocycles. The number of carbonyl (C=O) groups excluding carboxylic acids is 1. The highest BCUT2D eigenvalue weighted by molar-refractivity contribution is 7.90. The smallest absolute Gasteiger partial charge is 0.231 e. The first kappa shape index (κ1) is 19.5. The third-order valence-electron chi connectivity index (χ3n) is 5.46. The molecule has 8 heteroatoms. The summed E-state index contributed by atoms with van der Waals surface area (Å²) in [6, 6.07) is 6.50. The van der Waals surface area contributed by atoms with Gasteiger partial charge in [-0.15, -0.1) is 10.2 Å². The highest BCUT2D eigenvalue weighted by Gasteiger charge is 2.41. The fraction of sp³-hybridized carbons (Fsp3) is 0.526. The number of carbonyl (C=O) groups is 1. The van der Waals surface area contributed by atoms with E-state index in [1.165, 1.54) is 6.26 Å². The highest BCUT2D eigenvalue weighted by atomic mass is 32.2. The largest absolute Gasteiger partial charge is 0.346 e. The van der Waals surface area contributed by atoms with Gasteiger partial charge in [0.1, 0.15) is 6.33 Å². The third-order valence-corrected chi connectivity index (χ3v) is 6.59. The minimum atomic E-state index is -3.26. The average Bonchev–Trinajstić information content (AvgIpc) is 3.07. The van der Waals surface area contributed by atoms with Crippen LogP contribution in [-0.2, 0) is 27.1 Å². The van der Waals surface area contributed by atoms with E-state index in [-0.39, 0.29) is 16.8 Å². The number of hydrogen-bond acceptors (Lipinski definition) is 5. The van der Waals surface area contributed by atoms with Crippen LogP contribution in [0.2, 0.25) is 0 Å². The SMILES string of the molecule is C[C@@H](NC(=O)C1(c2ccc(S(C)(=O)=O)cc2)CCCCC1)c1nncn1C. The summed E-state index contributed by atoms with van der Waals surface area (Å²) >= 11 is 0. The summed E-state index contributed by atoms with van der Waals surface area (Å²) in [6.45, 7) is 1.89. The van der Waals surface area contributed by atoms with Gasteiger partial charge in [-0.2, -0.15) is 0 Å². The van der Waals surface area contributed by atoms with Gasteiger partial charge in [-0.05, 0) is 37.5 Å². The summed E-state index contributed by atoms with van der Waals surface area (Å²) in [5.74, 6) is 0.659. The Labute approximate surface area is 160 Å². The van der Waals surface area contributed by atoms with E-state index < -0.39 is 15.3 Å². The lowest BCUT2D eigenvalue weighted by atomic mass is 9.68. The maximum absolute atomic E-state index is 13.3. The minimum Gasteiger partial charge on any atom is -0.346 e. The molecule has 1 atom stereocenters. The van der Waals surface area contributed by atoms with Crippen molar-refractivity contribution < 1.29 is 13.2 Å². The summed E-state index contributed by atoms with van der Waals surface area (Å²) in [7, 11) is -1.42. The van der Waals surface area contributed by atoms with Crippen molar-refractivity contribution in [2.75, 3.05) is 6.26 Å². The normalized spacial score (nSPS) is 18.0. The molecule has 0 radical (unpaired) electrons.